The van der Waals surface area contributed by atoms with Crippen LogP contribution in [0.5, 0.6) is 0 Å². The van der Waals surface area contributed by atoms with Gasteiger partial charge in [-0.2, -0.15) is 0 Å². The first-order valence-corrected chi connectivity index (χ1v) is 6.84. The Hall–Kier alpha value is -0.0400. The lowest BCUT2D eigenvalue weighted by molar-refractivity contribution is 0.159. The van der Waals surface area contributed by atoms with E-state index in [-0.39, 0.29) is 6.10 Å². The Morgan fingerprint density at radius 2 is 1.80 bits per heavy atom. The second kappa shape index (κ2) is 6.52. The van der Waals surface area contributed by atoms with Crippen LogP contribution >= 0.6 is 0 Å². The van der Waals surface area contributed by atoms with Gasteiger partial charge in [-0.05, 0) is 31.1 Å². The highest BCUT2D eigenvalue weighted by Gasteiger charge is 2.33. The molecule has 1 aliphatic rings. The van der Waals surface area contributed by atoms with Gasteiger partial charge in [-0.15, -0.1) is 0 Å². The zero-order chi connectivity index (χ0) is 11.1. The molecule has 0 aromatic carbocycles. The molecule has 0 aromatic heterocycles. The number of aliphatic hydroxyl groups excluding tert-OH is 1. The molecule has 1 nitrogen and oxygen atoms in total. The summed E-state index contributed by atoms with van der Waals surface area (Å²) in [5, 5.41) is 9.54. The molecular formula is C14H28O. The summed E-state index contributed by atoms with van der Waals surface area (Å²) in [5.74, 6) is 0. The van der Waals surface area contributed by atoms with E-state index in [4.69, 9.17) is 0 Å². The Bertz CT molecular complexity index is 167. The molecule has 1 fully saturated rings. The van der Waals surface area contributed by atoms with Crippen LogP contribution in [0.25, 0.3) is 0 Å². The van der Waals surface area contributed by atoms with Crippen molar-refractivity contribution in [1.82, 2.24) is 0 Å². The Morgan fingerprint density at radius 3 is 2.40 bits per heavy atom. The topological polar surface area (TPSA) is 20.2 Å². The van der Waals surface area contributed by atoms with Crippen molar-refractivity contribution in [2.75, 3.05) is 0 Å². The Labute approximate surface area is 95.3 Å². The minimum absolute atomic E-state index is 0.00455. The molecule has 1 N–H and O–H groups in total. The number of unbranched alkanes of at least 4 members (excludes halogenated alkanes) is 5. The third kappa shape index (κ3) is 5.01. The van der Waals surface area contributed by atoms with Crippen molar-refractivity contribution in [1.29, 1.82) is 0 Å². The Balaban J connectivity index is 2.00. The molecule has 2 atom stereocenters. The van der Waals surface area contributed by atoms with Crippen molar-refractivity contribution in [2.24, 2.45) is 5.41 Å². The summed E-state index contributed by atoms with van der Waals surface area (Å²) in [7, 11) is 0. The molecular weight excluding hydrogens is 184 g/mol. The number of rotatable bonds is 7. The van der Waals surface area contributed by atoms with Crippen molar-refractivity contribution in [3.8, 4) is 0 Å². The molecule has 0 aromatic rings. The van der Waals surface area contributed by atoms with E-state index in [1.54, 1.807) is 0 Å². The normalized spacial score (nSPS) is 31.0. The minimum atomic E-state index is -0.00455. The quantitative estimate of drug-likeness (QED) is 0.624. The fourth-order valence-corrected chi connectivity index (χ4v) is 2.85. The van der Waals surface area contributed by atoms with Gasteiger partial charge in [-0.1, -0.05) is 52.4 Å². The highest BCUT2D eigenvalue weighted by Crippen LogP contribution is 2.41. The standard InChI is InChI=1S/C14H28O/c1-3-4-5-6-7-8-10-14(2)11-9-13(15)12-14/h13,15H,3-12H2,1-2H3. The third-order valence-electron chi connectivity index (χ3n) is 3.94. The average Bonchev–Trinajstić information content (AvgIpc) is 2.53. The summed E-state index contributed by atoms with van der Waals surface area (Å²) in [6.45, 7) is 4.62. The van der Waals surface area contributed by atoms with Crippen molar-refractivity contribution >= 4 is 0 Å². The molecule has 0 spiro atoms. The predicted molar refractivity (Wildman–Crippen MR) is 66.0 cm³/mol. The molecule has 0 aliphatic heterocycles. The van der Waals surface area contributed by atoms with Crippen molar-refractivity contribution in [3.05, 3.63) is 0 Å². The molecule has 1 aliphatic carbocycles. The largest absolute Gasteiger partial charge is 0.393 e. The van der Waals surface area contributed by atoms with Gasteiger partial charge in [-0.3, -0.25) is 0 Å². The minimum Gasteiger partial charge on any atom is -0.393 e. The van der Waals surface area contributed by atoms with Gasteiger partial charge in [0.2, 0.25) is 0 Å². The molecule has 1 saturated carbocycles. The first-order valence-electron chi connectivity index (χ1n) is 6.84. The Morgan fingerprint density at radius 1 is 1.13 bits per heavy atom. The van der Waals surface area contributed by atoms with E-state index in [1.807, 2.05) is 0 Å². The van der Waals surface area contributed by atoms with E-state index in [0.717, 1.165) is 12.8 Å². The van der Waals surface area contributed by atoms with Crippen molar-refractivity contribution < 1.29 is 5.11 Å². The van der Waals surface area contributed by atoms with Crippen LogP contribution in [0.4, 0.5) is 0 Å². The monoisotopic (exact) mass is 212 g/mol. The lowest BCUT2D eigenvalue weighted by Crippen LogP contribution is -2.13. The van der Waals surface area contributed by atoms with Crippen LogP contribution in [0.3, 0.4) is 0 Å². The van der Waals surface area contributed by atoms with E-state index in [2.05, 4.69) is 13.8 Å². The van der Waals surface area contributed by atoms with Gasteiger partial charge in [0.15, 0.2) is 0 Å². The van der Waals surface area contributed by atoms with Crippen LogP contribution in [0, 0.1) is 5.41 Å². The number of hydrogen-bond donors (Lipinski definition) is 1. The third-order valence-corrected chi connectivity index (χ3v) is 3.94. The average molecular weight is 212 g/mol. The second-order valence-electron chi connectivity index (χ2n) is 5.73. The van der Waals surface area contributed by atoms with Gasteiger partial charge in [0, 0.05) is 0 Å². The summed E-state index contributed by atoms with van der Waals surface area (Å²) in [6.07, 6.45) is 13.0. The Kier molecular flexibility index (Phi) is 5.66. The predicted octanol–water partition coefficient (Wildman–Crippen LogP) is 4.29. The molecule has 0 amide bonds. The van der Waals surface area contributed by atoms with Crippen LogP contribution in [0.15, 0.2) is 0 Å². The molecule has 0 saturated heterocycles. The number of aliphatic hydroxyl groups is 1. The molecule has 0 heterocycles. The number of hydrogen-bond acceptors (Lipinski definition) is 1. The molecule has 90 valence electrons. The van der Waals surface area contributed by atoms with E-state index in [9.17, 15) is 5.11 Å². The highest BCUT2D eigenvalue weighted by molar-refractivity contribution is 4.85. The lowest BCUT2D eigenvalue weighted by atomic mass is 9.83. The van der Waals surface area contributed by atoms with Crippen LogP contribution in [0.1, 0.15) is 78.1 Å². The molecule has 15 heavy (non-hydrogen) atoms. The maximum Gasteiger partial charge on any atom is 0.0545 e. The first kappa shape index (κ1) is 13.0. The van der Waals surface area contributed by atoms with Gasteiger partial charge < -0.3 is 5.11 Å². The zero-order valence-electron chi connectivity index (χ0n) is 10.6. The van der Waals surface area contributed by atoms with E-state index < -0.39 is 0 Å². The van der Waals surface area contributed by atoms with Crippen molar-refractivity contribution in [3.63, 3.8) is 0 Å². The van der Waals surface area contributed by atoms with E-state index in [1.165, 1.54) is 51.4 Å². The van der Waals surface area contributed by atoms with Gasteiger partial charge >= 0.3 is 0 Å². The summed E-state index contributed by atoms with van der Waals surface area (Å²) in [5.41, 5.74) is 0.462. The smallest absolute Gasteiger partial charge is 0.0545 e. The van der Waals surface area contributed by atoms with Gasteiger partial charge in [0.25, 0.3) is 0 Å². The first-order chi connectivity index (χ1) is 7.16. The van der Waals surface area contributed by atoms with Gasteiger partial charge in [0.05, 0.1) is 6.10 Å². The SMILES string of the molecule is CCCCCCCCC1(C)CCC(O)C1. The molecule has 0 radical (unpaired) electrons. The summed E-state index contributed by atoms with van der Waals surface area (Å²) in [4.78, 5) is 0. The maximum atomic E-state index is 9.54. The fourth-order valence-electron chi connectivity index (χ4n) is 2.85. The van der Waals surface area contributed by atoms with E-state index >= 15 is 0 Å². The molecule has 0 bridgehead atoms. The molecule has 2 unspecified atom stereocenters. The fraction of sp³-hybridized carbons (Fsp3) is 1.00. The summed E-state index contributed by atoms with van der Waals surface area (Å²) < 4.78 is 0. The molecule has 1 rings (SSSR count). The zero-order valence-corrected chi connectivity index (χ0v) is 10.6. The maximum absolute atomic E-state index is 9.54. The summed E-state index contributed by atoms with van der Waals surface area (Å²) >= 11 is 0. The molecule has 1 heteroatoms. The van der Waals surface area contributed by atoms with Crippen LogP contribution in [-0.2, 0) is 0 Å². The van der Waals surface area contributed by atoms with Crippen LogP contribution in [0.2, 0.25) is 0 Å². The lowest BCUT2D eigenvalue weighted by Gasteiger charge is -2.23. The van der Waals surface area contributed by atoms with Gasteiger partial charge in [0.1, 0.15) is 0 Å². The summed E-state index contributed by atoms with van der Waals surface area (Å²) in [6, 6.07) is 0. The van der Waals surface area contributed by atoms with Crippen molar-refractivity contribution in [2.45, 2.75) is 84.2 Å². The van der Waals surface area contributed by atoms with E-state index in [0.29, 0.717) is 5.41 Å². The van der Waals surface area contributed by atoms with Crippen LogP contribution in [-0.4, -0.2) is 11.2 Å². The highest BCUT2D eigenvalue weighted by atomic mass is 16.3. The second-order valence-corrected chi connectivity index (χ2v) is 5.73. The van der Waals surface area contributed by atoms with Gasteiger partial charge in [-0.25, -0.2) is 0 Å². The van der Waals surface area contributed by atoms with Crippen LogP contribution < -0.4 is 0 Å².